The second kappa shape index (κ2) is 10.2. The summed E-state index contributed by atoms with van der Waals surface area (Å²) in [5.74, 6) is 0.948. The lowest BCUT2D eigenvalue weighted by atomic mass is 9.70. The Morgan fingerprint density at radius 1 is 0.365 bits per heavy atom. The summed E-state index contributed by atoms with van der Waals surface area (Å²) in [4.78, 5) is 5.30. The lowest BCUT2D eigenvalue weighted by molar-refractivity contribution is 0.795. The number of fused-ring (bicyclic) bond motifs is 17. The van der Waals surface area contributed by atoms with E-state index < -0.39 is 5.41 Å². The summed E-state index contributed by atoms with van der Waals surface area (Å²) in [5, 5.41) is 7.79. The van der Waals surface area contributed by atoms with Crippen molar-refractivity contribution >= 4 is 43.4 Å². The van der Waals surface area contributed by atoms with Gasteiger partial charge < -0.3 is 0 Å². The third kappa shape index (κ3) is 3.46. The van der Waals surface area contributed by atoms with Gasteiger partial charge in [-0.1, -0.05) is 140 Å². The minimum Gasteiger partial charge on any atom is -0.292 e. The molecule has 0 radical (unpaired) electrons. The lowest BCUT2D eigenvalue weighted by Crippen LogP contribution is -2.26. The van der Waals surface area contributed by atoms with Gasteiger partial charge >= 0.3 is 0 Å². The van der Waals surface area contributed by atoms with Gasteiger partial charge in [-0.15, -0.1) is 0 Å². The van der Waals surface area contributed by atoms with Crippen LogP contribution in [-0.4, -0.2) is 9.55 Å². The Kier molecular flexibility index (Phi) is 5.46. The molecular formula is C50H30N2. The zero-order valence-electron chi connectivity index (χ0n) is 28.2. The van der Waals surface area contributed by atoms with Crippen molar-refractivity contribution in [3.8, 4) is 39.3 Å². The molecule has 9 aromatic carbocycles. The second-order valence-electron chi connectivity index (χ2n) is 14.2. The number of hydrogen-bond acceptors (Lipinski definition) is 1. The first-order chi connectivity index (χ1) is 25.8. The van der Waals surface area contributed by atoms with Crippen molar-refractivity contribution in [2.24, 2.45) is 0 Å². The zero-order chi connectivity index (χ0) is 34.0. The normalized spacial score (nSPS) is 15.4. The number of hydrogen-bond donors (Lipinski definition) is 0. The van der Waals surface area contributed by atoms with Crippen LogP contribution in [0.25, 0.3) is 82.7 Å². The van der Waals surface area contributed by atoms with Crippen LogP contribution in [0.4, 0.5) is 0 Å². The number of imidazole rings is 1. The van der Waals surface area contributed by atoms with Gasteiger partial charge in [0.25, 0.3) is 0 Å². The van der Waals surface area contributed by atoms with Gasteiger partial charge in [0.15, 0.2) is 0 Å². The monoisotopic (exact) mass is 658 g/mol. The Balaban J connectivity index is 1.22. The van der Waals surface area contributed by atoms with E-state index in [1.165, 1.54) is 76.8 Å². The van der Waals surface area contributed by atoms with Crippen LogP contribution in [0.3, 0.4) is 0 Å². The molecule has 0 N–H and O–H groups in total. The molecule has 2 aliphatic rings. The van der Waals surface area contributed by atoms with E-state index in [9.17, 15) is 0 Å². The molecule has 2 heteroatoms. The Morgan fingerprint density at radius 3 is 1.60 bits per heavy atom. The van der Waals surface area contributed by atoms with Gasteiger partial charge in [-0.25, -0.2) is 4.98 Å². The molecule has 0 amide bonds. The first kappa shape index (κ1) is 28.0. The average molecular weight is 659 g/mol. The van der Waals surface area contributed by atoms with Gasteiger partial charge in [-0.2, -0.15) is 0 Å². The van der Waals surface area contributed by atoms with Gasteiger partial charge in [0, 0.05) is 11.3 Å². The Morgan fingerprint density at radius 2 is 0.885 bits per heavy atom. The van der Waals surface area contributed by atoms with Crippen LogP contribution in [0.15, 0.2) is 182 Å². The fourth-order valence-corrected chi connectivity index (χ4v) is 9.73. The molecule has 0 bridgehead atoms. The van der Waals surface area contributed by atoms with Crippen molar-refractivity contribution in [2.45, 2.75) is 5.41 Å². The zero-order valence-corrected chi connectivity index (χ0v) is 28.2. The highest BCUT2D eigenvalue weighted by Crippen LogP contribution is 2.64. The molecule has 12 rings (SSSR count). The molecule has 2 nitrogen and oxygen atoms in total. The second-order valence-corrected chi connectivity index (χ2v) is 14.2. The maximum atomic E-state index is 5.30. The maximum absolute atomic E-state index is 5.30. The smallest absolute Gasteiger partial charge is 0.145 e. The standard InChI is InChI=1S/C50H30N2/c1-2-14-32(15-3-1)52-48-25-13-12-24-47(48)51-49(52)31-26-27-39-37-20-8-10-22-43(37)50(45(39)28-31)44-23-11-9-21-38(44)42-29-40-35-18-6-4-16-33(35)34-17-5-7-19-36(34)41(40)30-46(42)50/h1-30H. The third-order valence-corrected chi connectivity index (χ3v) is 11.8. The van der Waals surface area contributed by atoms with E-state index in [0.29, 0.717) is 0 Å². The molecule has 1 aromatic heterocycles. The summed E-state index contributed by atoms with van der Waals surface area (Å²) < 4.78 is 2.31. The summed E-state index contributed by atoms with van der Waals surface area (Å²) >= 11 is 0. The predicted octanol–water partition coefficient (Wildman–Crippen LogP) is 12.5. The topological polar surface area (TPSA) is 17.8 Å². The van der Waals surface area contributed by atoms with Crippen molar-refractivity contribution < 1.29 is 0 Å². The number of nitrogens with zero attached hydrogens (tertiary/aromatic N) is 2. The van der Waals surface area contributed by atoms with E-state index in [1.54, 1.807) is 0 Å². The first-order valence-electron chi connectivity index (χ1n) is 18.1. The van der Waals surface area contributed by atoms with Crippen molar-refractivity contribution in [2.75, 3.05) is 0 Å². The average Bonchev–Trinajstić information content (AvgIpc) is 3.85. The molecule has 1 heterocycles. The van der Waals surface area contributed by atoms with Crippen LogP contribution in [0.5, 0.6) is 0 Å². The summed E-state index contributed by atoms with van der Waals surface area (Å²) in [5.41, 5.74) is 14.4. The first-order valence-corrected chi connectivity index (χ1v) is 18.1. The van der Waals surface area contributed by atoms with Crippen LogP contribution in [-0.2, 0) is 5.41 Å². The summed E-state index contributed by atoms with van der Waals surface area (Å²) in [6, 6.07) is 67.2. The van der Waals surface area contributed by atoms with E-state index in [-0.39, 0.29) is 0 Å². The third-order valence-electron chi connectivity index (χ3n) is 11.8. The Labute approximate surface area is 300 Å². The predicted molar refractivity (Wildman–Crippen MR) is 215 cm³/mol. The fraction of sp³-hybridized carbons (Fsp3) is 0.0200. The van der Waals surface area contributed by atoms with Crippen LogP contribution in [0.1, 0.15) is 22.3 Å². The molecule has 0 saturated carbocycles. The number of rotatable bonds is 2. The summed E-state index contributed by atoms with van der Waals surface area (Å²) in [6.45, 7) is 0. The molecule has 0 aliphatic heterocycles. The largest absolute Gasteiger partial charge is 0.292 e. The van der Waals surface area contributed by atoms with Gasteiger partial charge in [-0.3, -0.25) is 4.57 Å². The SMILES string of the molecule is c1ccc(-n2c(-c3ccc4c(c3)C3(c5ccccc5-4)c4ccccc4-c4cc5c6ccccc6c6ccccc6c5cc43)nc3ccccc32)cc1. The molecule has 1 unspecified atom stereocenters. The van der Waals surface area contributed by atoms with Gasteiger partial charge in [0.1, 0.15) is 5.82 Å². The number of benzene rings is 9. The quantitative estimate of drug-likeness (QED) is 0.169. The Hall–Kier alpha value is -6.77. The van der Waals surface area contributed by atoms with Crippen LogP contribution < -0.4 is 0 Å². The number of aromatic nitrogens is 2. The lowest BCUT2D eigenvalue weighted by Gasteiger charge is -2.31. The maximum Gasteiger partial charge on any atom is 0.145 e. The number of para-hydroxylation sites is 3. The van der Waals surface area contributed by atoms with Crippen molar-refractivity contribution in [3.05, 3.63) is 204 Å². The highest BCUT2D eigenvalue weighted by Gasteiger charge is 2.52. The van der Waals surface area contributed by atoms with E-state index >= 15 is 0 Å². The Bertz CT molecular complexity index is 3130. The minimum atomic E-state index is -0.488. The van der Waals surface area contributed by atoms with E-state index in [2.05, 4.69) is 187 Å². The van der Waals surface area contributed by atoms with E-state index in [4.69, 9.17) is 4.98 Å². The molecule has 10 aromatic rings. The molecule has 1 spiro atoms. The molecular weight excluding hydrogens is 629 g/mol. The van der Waals surface area contributed by atoms with Crippen LogP contribution in [0.2, 0.25) is 0 Å². The van der Waals surface area contributed by atoms with Crippen molar-refractivity contribution in [1.29, 1.82) is 0 Å². The van der Waals surface area contributed by atoms with Crippen molar-refractivity contribution in [3.63, 3.8) is 0 Å². The van der Waals surface area contributed by atoms with Crippen LogP contribution in [0, 0.1) is 0 Å². The van der Waals surface area contributed by atoms with Crippen LogP contribution >= 0.6 is 0 Å². The minimum absolute atomic E-state index is 0.488. The molecule has 240 valence electrons. The summed E-state index contributed by atoms with van der Waals surface area (Å²) in [6.07, 6.45) is 0. The fourth-order valence-electron chi connectivity index (χ4n) is 9.73. The molecule has 0 fully saturated rings. The highest BCUT2D eigenvalue weighted by molar-refractivity contribution is 6.26. The molecule has 2 aliphatic carbocycles. The summed E-state index contributed by atoms with van der Waals surface area (Å²) in [7, 11) is 0. The van der Waals surface area contributed by atoms with E-state index in [0.717, 1.165) is 28.1 Å². The van der Waals surface area contributed by atoms with Crippen molar-refractivity contribution in [1.82, 2.24) is 9.55 Å². The highest BCUT2D eigenvalue weighted by atomic mass is 15.1. The van der Waals surface area contributed by atoms with Gasteiger partial charge in [0.2, 0.25) is 0 Å². The van der Waals surface area contributed by atoms with Gasteiger partial charge in [-0.05, 0) is 119 Å². The van der Waals surface area contributed by atoms with Gasteiger partial charge in [0.05, 0.1) is 16.4 Å². The molecule has 1 atom stereocenters. The van der Waals surface area contributed by atoms with E-state index in [1.807, 2.05) is 0 Å². The molecule has 52 heavy (non-hydrogen) atoms. The molecule has 0 saturated heterocycles.